The standard InChI is InChI=1S/C9H12N4/c1-6(2)9-10-5-8-7(12-9)4-11-13(8)3/h4-6H,1-3H3. The molecule has 2 heterocycles. The Morgan fingerprint density at radius 3 is 2.77 bits per heavy atom. The highest BCUT2D eigenvalue weighted by molar-refractivity contribution is 5.72. The summed E-state index contributed by atoms with van der Waals surface area (Å²) in [5.74, 6) is 1.24. The Morgan fingerprint density at radius 2 is 2.08 bits per heavy atom. The first-order valence-corrected chi connectivity index (χ1v) is 4.33. The van der Waals surface area contributed by atoms with Gasteiger partial charge < -0.3 is 0 Å². The summed E-state index contributed by atoms with van der Waals surface area (Å²) in [6.45, 7) is 4.16. The van der Waals surface area contributed by atoms with E-state index in [0.29, 0.717) is 5.92 Å². The van der Waals surface area contributed by atoms with Gasteiger partial charge in [0.15, 0.2) is 0 Å². The SMILES string of the molecule is CC(C)c1ncc2c(cnn2C)n1. The van der Waals surface area contributed by atoms with Crippen molar-refractivity contribution in [3.63, 3.8) is 0 Å². The Balaban J connectivity index is 2.63. The molecule has 0 radical (unpaired) electrons. The minimum atomic E-state index is 0.365. The number of hydrogen-bond donors (Lipinski definition) is 0. The number of aromatic nitrogens is 4. The Labute approximate surface area is 76.6 Å². The summed E-state index contributed by atoms with van der Waals surface area (Å²) >= 11 is 0. The number of aryl methyl sites for hydroxylation is 1. The second-order valence-electron chi connectivity index (χ2n) is 3.42. The van der Waals surface area contributed by atoms with Gasteiger partial charge in [-0.2, -0.15) is 5.10 Å². The Bertz CT molecular complexity index is 430. The van der Waals surface area contributed by atoms with E-state index in [1.807, 2.05) is 13.2 Å². The molecule has 0 atom stereocenters. The van der Waals surface area contributed by atoms with Crippen molar-refractivity contribution in [3.8, 4) is 0 Å². The van der Waals surface area contributed by atoms with E-state index in [4.69, 9.17) is 0 Å². The van der Waals surface area contributed by atoms with Gasteiger partial charge in [0.05, 0.1) is 12.4 Å². The first-order chi connectivity index (χ1) is 6.18. The molecule has 68 valence electrons. The summed E-state index contributed by atoms with van der Waals surface area (Å²) in [4.78, 5) is 8.67. The predicted octanol–water partition coefficient (Wildman–Crippen LogP) is 1.49. The van der Waals surface area contributed by atoms with E-state index in [1.54, 1.807) is 10.9 Å². The summed E-state index contributed by atoms with van der Waals surface area (Å²) in [5.41, 5.74) is 1.89. The fourth-order valence-electron chi connectivity index (χ4n) is 1.23. The molecule has 0 aromatic carbocycles. The van der Waals surface area contributed by atoms with Crippen molar-refractivity contribution in [2.45, 2.75) is 19.8 Å². The number of hydrogen-bond acceptors (Lipinski definition) is 3. The maximum atomic E-state index is 4.40. The van der Waals surface area contributed by atoms with E-state index in [1.165, 1.54) is 0 Å². The van der Waals surface area contributed by atoms with Crippen LogP contribution in [0.4, 0.5) is 0 Å². The van der Waals surface area contributed by atoms with Gasteiger partial charge in [0.1, 0.15) is 16.9 Å². The molecule has 0 aliphatic carbocycles. The summed E-state index contributed by atoms with van der Waals surface area (Å²) in [7, 11) is 1.89. The first-order valence-electron chi connectivity index (χ1n) is 4.33. The van der Waals surface area contributed by atoms with Crippen molar-refractivity contribution in [3.05, 3.63) is 18.2 Å². The normalized spacial score (nSPS) is 11.4. The molecule has 0 saturated carbocycles. The molecule has 0 fully saturated rings. The molecule has 0 amide bonds. The quantitative estimate of drug-likeness (QED) is 0.661. The molecule has 4 heteroatoms. The van der Waals surface area contributed by atoms with Gasteiger partial charge in [-0.25, -0.2) is 9.97 Å². The largest absolute Gasteiger partial charge is 0.265 e. The smallest absolute Gasteiger partial charge is 0.131 e. The van der Waals surface area contributed by atoms with Crippen molar-refractivity contribution < 1.29 is 0 Å². The zero-order valence-electron chi connectivity index (χ0n) is 8.02. The molecule has 0 aliphatic heterocycles. The van der Waals surface area contributed by atoms with E-state index in [-0.39, 0.29) is 0 Å². The maximum Gasteiger partial charge on any atom is 0.131 e. The van der Waals surface area contributed by atoms with Crippen LogP contribution in [0.2, 0.25) is 0 Å². The third kappa shape index (κ3) is 1.28. The van der Waals surface area contributed by atoms with Crippen LogP contribution in [0, 0.1) is 0 Å². The van der Waals surface area contributed by atoms with Crippen LogP contribution in [0.1, 0.15) is 25.6 Å². The lowest BCUT2D eigenvalue weighted by Gasteiger charge is -2.01. The molecule has 2 aromatic rings. The average Bonchev–Trinajstić information content (AvgIpc) is 2.47. The van der Waals surface area contributed by atoms with Crippen molar-refractivity contribution in [2.75, 3.05) is 0 Å². The van der Waals surface area contributed by atoms with Crippen LogP contribution in [-0.4, -0.2) is 19.7 Å². The fourth-order valence-corrected chi connectivity index (χ4v) is 1.23. The third-order valence-corrected chi connectivity index (χ3v) is 2.03. The van der Waals surface area contributed by atoms with Gasteiger partial charge in [0, 0.05) is 13.0 Å². The third-order valence-electron chi connectivity index (χ3n) is 2.03. The summed E-state index contributed by atoms with van der Waals surface area (Å²) in [6.07, 6.45) is 3.59. The van der Waals surface area contributed by atoms with Crippen LogP contribution < -0.4 is 0 Å². The van der Waals surface area contributed by atoms with Crippen LogP contribution in [-0.2, 0) is 7.05 Å². The Kier molecular flexibility index (Phi) is 1.76. The zero-order valence-corrected chi connectivity index (χ0v) is 8.02. The van der Waals surface area contributed by atoms with Gasteiger partial charge >= 0.3 is 0 Å². The number of rotatable bonds is 1. The van der Waals surface area contributed by atoms with Crippen LogP contribution in [0.3, 0.4) is 0 Å². The molecule has 2 rings (SSSR count). The topological polar surface area (TPSA) is 43.6 Å². The van der Waals surface area contributed by atoms with E-state index in [9.17, 15) is 0 Å². The highest BCUT2D eigenvalue weighted by Crippen LogP contribution is 2.13. The van der Waals surface area contributed by atoms with E-state index in [0.717, 1.165) is 16.9 Å². The highest BCUT2D eigenvalue weighted by Gasteiger charge is 2.06. The molecule has 4 nitrogen and oxygen atoms in total. The maximum absolute atomic E-state index is 4.40. The molecule has 0 saturated heterocycles. The van der Waals surface area contributed by atoms with E-state index >= 15 is 0 Å². The second-order valence-corrected chi connectivity index (χ2v) is 3.42. The molecular weight excluding hydrogens is 164 g/mol. The molecule has 13 heavy (non-hydrogen) atoms. The molecule has 0 bridgehead atoms. The van der Waals surface area contributed by atoms with Crippen molar-refractivity contribution in [1.29, 1.82) is 0 Å². The summed E-state index contributed by atoms with van der Waals surface area (Å²) in [5, 5.41) is 4.11. The molecule has 0 N–H and O–H groups in total. The van der Waals surface area contributed by atoms with Gasteiger partial charge in [-0.1, -0.05) is 13.8 Å². The summed E-state index contributed by atoms with van der Waals surface area (Å²) in [6, 6.07) is 0. The van der Waals surface area contributed by atoms with Gasteiger partial charge in [0.2, 0.25) is 0 Å². The van der Waals surface area contributed by atoms with Crippen molar-refractivity contribution in [2.24, 2.45) is 7.05 Å². The fraction of sp³-hybridized carbons (Fsp3) is 0.444. The van der Waals surface area contributed by atoms with Crippen LogP contribution in [0.15, 0.2) is 12.4 Å². The van der Waals surface area contributed by atoms with Gasteiger partial charge in [-0.05, 0) is 0 Å². The molecule has 0 unspecified atom stereocenters. The predicted molar refractivity (Wildman–Crippen MR) is 50.4 cm³/mol. The van der Waals surface area contributed by atoms with Crippen LogP contribution in [0.25, 0.3) is 11.0 Å². The van der Waals surface area contributed by atoms with Gasteiger partial charge in [0.25, 0.3) is 0 Å². The van der Waals surface area contributed by atoms with Crippen LogP contribution in [0.5, 0.6) is 0 Å². The van der Waals surface area contributed by atoms with E-state index in [2.05, 4.69) is 28.9 Å². The average molecular weight is 176 g/mol. The minimum absolute atomic E-state index is 0.365. The first kappa shape index (κ1) is 8.16. The molecule has 0 aliphatic rings. The lowest BCUT2D eigenvalue weighted by atomic mass is 10.2. The lowest BCUT2D eigenvalue weighted by molar-refractivity contribution is 0.774. The van der Waals surface area contributed by atoms with Crippen molar-refractivity contribution in [1.82, 2.24) is 19.7 Å². The monoisotopic (exact) mass is 176 g/mol. The molecule has 2 aromatic heterocycles. The van der Waals surface area contributed by atoms with E-state index < -0.39 is 0 Å². The molecular formula is C9H12N4. The minimum Gasteiger partial charge on any atom is -0.265 e. The lowest BCUT2D eigenvalue weighted by Crippen LogP contribution is -1.97. The number of nitrogens with zero attached hydrogens (tertiary/aromatic N) is 4. The van der Waals surface area contributed by atoms with Crippen molar-refractivity contribution >= 4 is 11.0 Å². The zero-order chi connectivity index (χ0) is 9.42. The molecule has 0 spiro atoms. The summed E-state index contributed by atoms with van der Waals surface area (Å²) < 4.78 is 1.78. The Hall–Kier alpha value is -1.45. The van der Waals surface area contributed by atoms with Crippen LogP contribution >= 0.6 is 0 Å². The Morgan fingerprint density at radius 1 is 1.31 bits per heavy atom. The second kappa shape index (κ2) is 2.80. The number of fused-ring (bicyclic) bond motifs is 1. The highest BCUT2D eigenvalue weighted by atomic mass is 15.3. The van der Waals surface area contributed by atoms with Gasteiger partial charge in [-0.15, -0.1) is 0 Å². The van der Waals surface area contributed by atoms with Gasteiger partial charge in [-0.3, -0.25) is 4.68 Å².